The smallest absolute Gasteiger partial charge is 0.257 e. The number of imide groups is 1. The van der Waals surface area contributed by atoms with Crippen molar-refractivity contribution in [3.05, 3.63) is 83.4 Å². The molecular formula is C28H26N2O6. The first kappa shape index (κ1) is 23.4. The Bertz CT molecular complexity index is 1320. The van der Waals surface area contributed by atoms with Gasteiger partial charge in [0, 0.05) is 12.1 Å². The van der Waals surface area contributed by atoms with Gasteiger partial charge in [0.25, 0.3) is 11.8 Å². The van der Waals surface area contributed by atoms with Crippen molar-refractivity contribution in [3.63, 3.8) is 0 Å². The quantitative estimate of drug-likeness (QED) is 0.468. The zero-order valence-electron chi connectivity index (χ0n) is 20.1. The number of anilines is 1. The fourth-order valence-corrected chi connectivity index (χ4v) is 4.52. The molecule has 36 heavy (non-hydrogen) atoms. The monoisotopic (exact) mass is 486 g/mol. The number of hydrogen-bond acceptors (Lipinski definition) is 6. The van der Waals surface area contributed by atoms with Gasteiger partial charge in [-0.05, 0) is 67.4 Å². The summed E-state index contributed by atoms with van der Waals surface area (Å²) in [5.41, 5.74) is 2.49. The molecule has 3 amide bonds. The van der Waals surface area contributed by atoms with E-state index in [9.17, 15) is 14.4 Å². The van der Waals surface area contributed by atoms with E-state index in [2.05, 4.69) is 0 Å². The summed E-state index contributed by atoms with van der Waals surface area (Å²) < 4.78 is 16.3. The molecule has 0 aliphatic carbocycles. The van der Waals surface area contributed by atoms with Crippen molar-refractivity contribution in [2.75, 3.05) is 18.3 Å². The van der Waals surface area contributed by atoms with Gasteiger partial charge in [0.1, 0.15) is 11.8 Å². The largest absolute Gasteiger partial charge is 0.494 e. The summed E-state index contributed by atoms with van der Waals surface area (Å²) in [4.78, 5) is 43.0. The Hall–Kier alpha value is -4.33. The van der Waals surface area contributed by atoms with Crippen LogP contribution in [0.15, 0.2) is 66.7 Å². The van der Waals surface area contributed by atoms with Gasteiger partial charge in [0.15, 0.2) is 11.5 Å². The Morgan fingerprint density at radius 3 is 2.53 bits per heavy atom. The summed E-state index contributed by atoms with van der Waals surface area (Å²) in [5.74, 6) is 0.751. The van der Waals surface area contributed by atoms with Crippen LogP contribution < -0.4 is 19.1 Å². The summed E-state index contributed by atoms with van der Waals surface area (Å²) >= 11 is 0. The molecule has 8 nitrogen and oxygen atoms in total. The normalized spacial score (nSPS) is 16.4. The third kappa shape index (κ3) is 4.37. The maximum atomic E-state index is 13.8. The average Bonchev–Trinajstić information content (AvgIpc) is 3.46. The van der Waals surface area contributed by atoms with Crippen molar-refractivity contribution in [3.8, 4) is 17.2 Å². The molecule has 0 radical (unpaired) electrons. The van der Waals surface area contributed by atoms with Crippen LogP contribution in [0.3, 0.4) is 0 Å². The summed E-state index contributed by atoms with van der Waals surface area (Å²) in [6.45, 7) is 4.51. The number of aryl methyl sites for hydroxylation is 1. The van der Waals surface area contributed by atoms with Gasteiger partial charge in [-0.3, -0.25) is 14.4 Å². The van der Waals surface area contributed by atoms with Crippen LogP contribution in [-0.2, 0) is 16.1 Å². The summed E-state index contributed by atoms with van der Waals surface area (Å²) in [7, 11) is 0. The van der Waals surface area contributed by atoms with Gasteiger partial charge >= 0.3 is 0 Å². The number of hydrogen-bond donors (Lipinski definition) is 0. The lowest BCUT2D eigenvalue weighted by Gasteiger charge is -2.28. The van der Waals surface area contributed by atoms with E-state index in [1.807, 2.05) is 32.0 Å². The number of fused-ring (bicyclic) bond motifs is 1. The standard InChI is InChI=1S/C28H26N2O6/c1-3-34-21-11-9-20(10-12-21)30-26(31)15-23(28(30)33)29(27(32)22-7-5-4-6-18(22)2)16-19-8-13-24-25(14-19)36-17-35-24/h4-14,23H,3,15-17H2,1-2H3. The second-order valence-corrected chi connectivity index (χ2v) is 8.65. The molecule has 8 heteroatoms. The first-order valence-electron chi connectivity index (χ1n) is 11.8. The zero-order chi connectivity index (χ0) is 25.2. The Morgan fingerprint density at radius 2 is 1.78 bits per heavy atom. The number of nitrogens with zero attached hydrogens (tertiary/aromatic N) is 2. The predicted molar refractivity (Wildman–Crippen MR) is 132 cm³/mol. The maximum Gasteiger partial charge on any atom is 0.257 e. The molecule has 1 saturated heterocycles. The van der Waals surface area contributed by atoms with E-state index in [1.165, 1.54) is 4.90 Å². The van der Waals surface area contributed by atoms with Crippen LogP contribution in [0.25, 0.3) is 0 Å². The molecule has 3 aromatic rings. The highest BCUT2D eigenvalue weighted by Crippen LogP contribution is 2.34. The molecule has 2 aliphatic rings. The topological polar surface area (TPSA) is 85.4 Å². The maximum absolute atomic E-state index is 13.8. The van der Waals surface area contributed by atoms with Crippen LogP contribution in [0.2, 0.25) is 0 Å². The van der Waals surface area contributed by atoms with Gasteiger partial charge in [-0.25, -0.2) is 4.90 Å². The SMILES string of the molecule is CCOc1ccc(N2C(=O)CC(N(Cc3ccc4c(c3)OCO4)C(=O)c3ccccc3C)C2=O)cc1. The molecule has 0 saturated carbocycles. The van der Waals surface area contributed by atoms with Crippen molar-refractivity contribution < 1.29 is 28.6 Å². The van der Waals surface area contributed by atoms with E-state index in [1.54, 1.807) is 48.5 Å². The summed E-state index contributed by atoms with van der Waals surface area (Å²) in [6, 6.07) is 18.5. The van der Waals surface area contributed by atoms with Crippen molar-refractivity contribution in [2.24, 2.45) is 0 Å². The molecule has 0 aromatic heterocycles. The first-order valence-corrected chi connectivity index (χ1v) is 11.8. The average molecular weight is 487 g/mol. The molecule has 0 bridgehead atoms. The highest BCUT2D eigenvalue weighted by atomic mass is 16.7. The Kier molecular flexibility index (Phi) is 6.33. The van der Waals surface area contributed by atoms with E-state index < -0.39 is 11.9 Å². The lowest BCUT2D eigenvalue weighted by atomic mass is 10.0. The number of benzene rings is 3. The van der Waals surface area contributed by atoms with E-state index in [4.69, 9.17) is 14.2 Å². The fourth-order valence-electron chi connectivity index (χ4n) is 4.52. The van der Waals surface area contributed by atoms with Crippen molar-refractivity contribution in [1.29, 1.82) is 0 Å². The first-order chi connectivity index (χ1) is 17.5. The molecule has 3 aromatic carbocycles. The minimum absolute atomic E-state index is 0.103. The van der Waals surface area contributed by atoms with Gasteiger partial charge < -0.3 is 19.1 Å². The van der Waals surface area contributed by atoms with Gasteiger partial charge in [-0.15, -0.1) is 0 Å². The van der Waals surface area contributed by atoms with Crippen LogP contribution in [0.1, 0.15) is 34.8 Å². The lowest BCUT2D eigenvalue weighted by Crippen LogP contribution is -2.45. The van der Waals surface area contributed by atoms with Crippen LogP contribution >= 0.6 is 0 Å². The molecule has 1 unspecified atom stereocenters. The predicted octanol–water partition coefficient (Wildman–Crippen LogP) is 4.10. The molecule has 1 atom stereocenters. The number of ether oxygens (including phenoxy) is 3. The highest BCUT2D eigenvalue weighted by Gasteiger charge is 2.44. The minimum Gasteiger partial charge on any atom is -0.494 e. The molecule has 0 spiro atoms. The van der Waals surface area contributed by atoms with Gasteiger partial charge in [-0.1, -0.05) is 24.3 Å². The van der Waals surface area contributed by atoms with E-state index >= 15 is 0 Å². The zero-order valence-corrected chi connectivity index (χ0v) is 20.1. The van der Waals surface area contributed by atoms with Crippen LogP contribution in [0, 0.1) is 6.92 Å². The molecule has 1 fully saturated rings. The molecular weight excluding hydrogens is 460 g/mol. The van der Waals surface area contributed by atoms with Crippen LogP contribution in [-0.4, -0.2) is 42.1 Å². The van der Waals surface area contributed by atoms with Crippen molar-refractivity contribution in [2.45, 2.75) is 32.9 Å². The fraction of sp³-hybridized carbons (Fsp3) is 0.250. The van der Waals surface area contributed by atoms with Gasteiger partial charge in [0.2, 0.25) is 12.7 Å². The summed E-state index contributed by atoms with van der Waals surface area (Å²) in [5, 5.41) is 0. The van der Waals surface area contributed by atoms with Crippen molar-refractivity contribution in [1.82, 2.24) is 4.90 Å². The highest BCUT2D eigenvalue weighted by molar-refractivity contribution is 6.23. The Balaban J connectivity index is 1.47. The van der Waals surface area contributed by atoms with E-state index in [0.29, 0.717) is 35.1 Å². The second kappa shape index (κ2) is 9.73. The number of carbonyl (C=O) groups excluding carboxylic acids is 3. The van der Waals surface area contributed by atoms with E-state index in [0.717, 1.165) is 16.0 Å². The van der Waals surface area contributed by atoms with Crippen molar-refractivity contribution >= 4 is 23.4 Å². The molecule has 0 N–H and O–H groups in total. The number of amides is 3. The molecule has 2 heterocycles. The van der Waals surface area contributed by atoms with Crippen LogP contribution in [0.4, 0.5) is 5.69 Å². The Morgan fingerprint density at radius 1 is 1.03 bits per heavy atom. The minimum atomic E-state index is -0.943. The molecule has 5 rings (SSSR count). The van der Waals surface area contributed by atoms with Crippen LogP contribution in [0.5, 0.6) is 17.2 Å². The third-order valence-corrected chi connectivity index (χ3v) is 6.33. The van der Waals surface area contributed by atoms with Gasteiger partial charge in [-0.2, -0.15) is 0 Å². The number of carbonyl (C=O) groups is 3. The van der Waals surface area contributed by atoms with E-state index in [-0.39, 0.29) is 31.6 Å². The second-order valence-electron chi connectivity index (χ2n) is 8.65. The number of rotatable bonds is 7. The summed E-state index contributed by atoms with van der Waals surface area (Å²) in [6.07, 6.45) is -0.103. The molecule has 2 aliphatic heterocycles. The molecule has 184 valence electrons. The Labute approximate surface area is 209 Å². The lowest BCUT2D eigenvalue weighted by molar-refractivity contribution is -0.122. The third-order valence-electron chi connectivity index (χ3n) is 6.33. The van der Waals surface area contributed by atoms with Gasteiger partial charge in [0.05, 0.1) is 18.7 Å².